The maximum absolute atomic E-state index is 11.9. The number of hydrogen-bond acceptors (Lipinski definition) is 2. The Morgan fingerprint density at radius 1 is 1.31 bits per heavy atom. The number of hydrogen-bond donors (Lipinski definition) is 1. The summed E-state index contributed by atoms with van der Waals surface area (Å²) in [6, 6.07) is 5.51. The molecule has 0 heterocycles. The third-order valence-electron chi connectivity index (χ3n) is 1.57. The van der Waals surface area contributed by atoms with E-state index in [1.165, 1.54) is 18.2 Å². The summed E-state index contributed by atoms with van der Waals surface area (Å²) in [5, 5.41) is 0. The minimum absolute atomic E-state index is 0.271. The minimum atomic E-state index is -4.68. The van der Waals surface area contributed by atoms with Crippen LogP contribution in [0.25, 0.3) is 0 Å². The molecule has 0 saturated carbocycles. The molecular formula is C11H10F3NO. The number of ether oxygens (including phenoxy) is 1. The van der Waals surface area contributed by atoms with Crippen LogP contribution >= 0.6 is 0 Å². The fourth-order valence-corrected chi connectivity index (χ4v) is 1.01. The zero-order valence-electron chi connectivity index (χ0n) is 8.34. The number of alkyl halides is 3. The highest BCUT2D eigenvalue weighted by molar-refractivity contribution is 5.39. The lowest BCUT2D eigenvalue weighted by molar-refractivity contribution is -0.274. The molecule has 0 atom stereocenters. The van der Waals surface area contributed by atoms with Gasteiger partial charge < -0.3 is 10.5 Å². The Bertz CT molecular complexity index is 404. The summed E-state index contributed by atoms with van der Waals surface area (Å²) >= 11 is 0. The van der Waals surface area contributed by atoms with Crippen molar-refractivity contribution >= 4 is 0 Å². The number of rotatable bonds is 2. The normalized spacial score (nSPS) is 10.5. The molecule has 0 aliphatic carbocycles. The average Bonchev–Trinajstić information content (AvgIpc) is 2.16. The Morgan fingerprint density at radius 2 is 2.06 bits per heavy atom. The summed E-state index contributed by atoms with van der Waals surface area (Å²) in [6.45, 7) is 0.422. The molecule has 0 unspecified atom stereocenters. The third-order valence-corrected chi connectivity index (χ3v) is 1.57. The molecule has 2 nitrogen and oxygen atoms in total. The molecule has 1 aromatic carbocycles. The van der Waals surface area contributed by atoms with E-state index in [1.54, 1.807) is 6.07 Å². The van der Waals surface area contributed by atoms with Gasteiger partial charge in [-0.2, -0.15) is 0 Å². The molecule has 16 heavy (non-hydrogen) atoms. The molecule has 0 aromatic heterocycles. The van der Waals surface area contributed by atoms with Crippen LogP contribution in [0.2, 0.25) is 0 Å². The minimum Gasteiger partial charge on any atom is -0.406 e. The molecule has 5 heteroatoms. The van der Waals surface area contributed by atoms with Crippen LogP contribution in [0.5, 0.6) is 5.75 Å². The van der Waals surface area contributed by atoms with Gasteiger partial charge >= 0.3 is 6.36 Å². The van der Waals surface area contributed by atoms with Gasteiger partial charge in [0.15, 0.2) is 0 Å². The standard InChI is InChI=1S/C11H10F3NO/c12-11(13,14)16-10-6-3-5-9(8-10)4-1-2-7-15/h3,5-6,8H,2,7,15H2. The van der Waals surface area contributed by atoms with Crippen molar-refractivity contribution in [1.82, 2.24) is 0 Å². The Hall–Kier alpha value is -1.67. The lowest BCUT2D eigenvalue weighted by Gasteiger charge is -2.08. The van der Waals surface area contributed by atoms with Gasteiger partial charge in [0, 0.05) is 18.5 Å². The average molecular weight is 229 g/mol. The summed E-state index contributed by atoms with van der Waals surface area (Å²) in [5.74, 6) is 5.15. The van der Waals surface area contributed by atoms with Crippen LogP contribution in [-0.2, 0) is 0 Å². The summed E-state index contributed by atoms with van der Waals surface area (Å²) in [6.07, 6.45) is -4.17. The van der Waals surface area contributed by atoms with Crippen LogP contribution < -0.4 is 10.5 Å². The van der Waals surface area contributed by atoms with Gasteiger partial charge in [-0.05, 0) is 18.2 Å². The zero-order chi connectivity index (χ0) is 12.0. The van der Waals surface area contributed by atoms with E-state index in [1.807, 2.05) is 0 Å². The van der Waals surface area contributed by atoms with Crippen LogP contribution in [0.4, 0.5) is 13.2 Å². The lowest BCUT2D eigenvalue weighted by atomic mass is 10.2. The molecular weight excluding hydrogens is 219 g/mol. The molecule has 0 aliphatic rings. The smallest absolute Gasteiger partial charge is 0.406 e. The highest BCUT2D eigenvalue weighted by Crippen LogP contribution is 2.22. The Morgan fingerprint density at radius 3 is 2.69 bits per heavy atom. The van der Waals surface area contributed by atoms with Crippen LogP contribution in [-0.4, -0.2) is 12.9 Å². The largest absolute Gasteiger partial charge is 0.573 e. The van der Waals surface area contributed by atoms with Gasteiger partial charge in [0.1, 0.15) is 5.75 Å². The summed E-state index contributed by atoms with van der Waals surface area (Å²) in [5.41, 5.74) is 5.70. The molecule has 0 aliphatic heterocycles. The van der Waals surface area contributed by atoms with E-state index in [9.17, 15) is 13.2 Å². The Balaban J connectivity index is 2.76. The van der Waals surface area contributed by atoms with Crippen LogP contribution in [0.1, 0.15) is 12.0 Å². The molecule has 0 radical (unpaired) electrons. The maximum atomic E-state index is 11.9. The van der Waals surface area contributed by atoms with Crippen molar-refractivity contribution in [2.75, 3.05) is 6.54 Å². The van der Waals surface area contributed by atoms with E-state index < -0.39 is 6.36 Å². The summed E-state index contributed by atoms with van der Waals surface area (Å²) < 4.78 is 39.5. The fraction of sp³-hybridized carbons (Fsp3) is 0.273. The first-order valence-electron chi connectivity index (χ1n) is 4.56. The second-order valence-electron chi connectivity index (χ2n) is 2.92. The molecule has 86 valence electrons. The summed E-state index contributed by atoms with van der Waals surface area (Å²) in [4.78, 5) is 0. The molecule has 2 N–H and O–H groups in total. The molecule has 0 amide bonds. The Kier molecular flexibility index (Phi) is 4.20. The van der Waals surface area contributed by atoms with Crippen molar-refractivity contribution in [3.63, 3.8) is 0 Å². The first kappa shape index (κ1) is 12.4. The van der Waals surface area contributed by atoms with Crippen molar-refractivity contribution in [2.24, 2.45) is 5.73 Å². The Labute approximate surface area is 91.2 Å². The van der Waals surface area contributed by atoms with Crippen molar-refractivity contribution in [1.29, 1.82) is 0 Å². The van der Waals surface area contributed by atoms with Crippen molar-refractivity contribution in [3.05, 3.63) is 29.8 Å². The van der Waals surface area contributed by atoms with Gasteiger partial charge in [0.25, 0.3) is 0 Å². The number of halogens is 3. The number of nitrogens with two attached hydrogens (primary N) is 1. The molecule has 0 fully saturated rings. The first-order chi connectivity index (χ1) is 7.51. The van der Waals surface area contributed by atoms with Crippen molar-refractivity contribution in [3.8, 4) is 17.6 Å². The zero-order valence-corrected chi connectivity index (χ0v) is 8.34. The monoisotopic (exact) mass is 229 g/mol. The second kappa shape index (κ2) is 5.42. The quantitative estimate of drug-likeness (QED) is 0.789. The van der Waals surface area contributed by atoms with Crippen LogP contribution in [0, 0.1) is 11.8 Å². The maximum Gasteiger partial charge on any atom is 0.573 e. The van der Waals surface area contributed by atoms with Gasteiger partial charge in [-0.15, -0.1) is 13.2 Å². The second-order valence-corrected chi connectivity index (χ2v) is 2.92. The lowest BCUT2D eigenvalue weighted by Crippen LogP contribution is -2.17. The van der Waals surface area contributed by atoms with E-state index >= 15 is 0 Å². The molecule has 0 spiro atoms. The van der Waals surface area contributed by atoms with Gasteiger partial charge in [-0.1, -0.05) is 17.9 Å². The highest BCUT2D eigenvalue weighted by Gasteiger charge is 2.30. The SMILES string of the molecule is NCCC#Cc1cccc(OC(F)(F)F)c1. The van der Waals surface area contributed by atoms with Gasteiger partial charge in [-0.25, -0.2) is 0 Å². The third kappa shape index (κ3) is 4.71. The summed E-state index contributed by atoms with van der Waals surface area (Å²) in [7, 11) is 0. The molecule has 0 saturated heterocycles. The predicted octanol–water partition coefficient (Wildman–Crippen LogP) is 2.29. The van der Waals surface area contributed by atoms with E-state index in [0.717, 1.165) is 0 Å². The van der Waals surface area contributed by atoms with E-state index in [4.69, 9.17) is 5.73 Å². The molecule has 1 aromatic rings. The highest BCUT2D eigenvalue weighted by atomic mass is 19.4. The predicted molar refractivity (Wildman–Crippen MR) is 53.7 cm³/mol. The molecule has 0 bridgehead atoms. The van der Waals surface area contributed by atoms with Crippen molar-refractivity contribution in [2.45, 2.75) is 12.8 Å². The van der Waals surface area contributed by atoms with Gasteiger partial charge in [0.05, 0.1) is 0 Å². The van der Waals surface area contributed by atoms with E-state index in [2.05, 4.69) is 16.6 Å². The number of benzene rings is 1. The fourth-order valence-electron chi connectivity index (χ4n) is 1.01. The van der Waals surface area contributed by atoms with Crippen LogP contribution in [0.3, 0.4) is 0 Å². The van der Waals surface area contributed by atoms with Crippen LogP contribution in [0.15, 0.2) is 24.3 Å². The van der Waals surface area contributed by atoms with E-state index in [-0.39, 0.29) is 5.75 Å². The van der Waals surface area contributed by atoms with Gasteiger partial charge in [-0.3, -0.25) is 0 Å². The first-order valence-corrected chi connectivity index (χ1v) is 4.56. The molecule has 1 rings (SSSR count). The van der Waals surface area contributed by atoms with Crippen molar-refractivity contribution < 1.29 is 17.9 Å². The van der Waals surface area contributed by atoms with Gasteiger partial charge in [0.2, 0.25) is 0 Å². The topological polar surface area (TPSA) is 35.2 Å². The van der Waals surface area contributed by atoms with E-state index in [0.29, 0.717) is 18.5 Å².